The van der Waals surface area contributed by atoms with Crippen LogP contribution in [0.15, 0.2) is 42.5 Å². The zero-order chi connectivity index (χ0) is 17.8. The average molecular weight is 359 g/mol. The highest BCUT2D eigenvalue weighted by atomic mass is 35.5. The molecule has 0 unspecified atom stereocenters. The SMILES string of the molecule is COc1cc(Cl)ccc1C(=O)N1CCN(Cc2cccc(C)c2)CC1. The van der Waals surface area contributed by atoms with Crippen molar-refractivity contribution in [2.75, 3.05) is 33.3 Å². The van der Waals surface area contributed by atoms with Gasteiger partial charge >= 0.3 is 0 Å². The maximum atomic E-state index is 12.8. The first kappa shape index (κ1) is 17.8. The van der Waals surface area contributed by atoms with Crippen LogP contribution in [0.2, 0.25) is 5.02 Å². The minimum absolute atomic E-state index is 0.00345. The van der Waals surface area contributed by atoms with Crippen molar-refractivity contribution >= 4 is 17.5 Å². The van der Waals surface area contributed by atoms with E-state index in [1.165, 1.54) is 11.1 Å². The van der Waals surface area contributed by atoms with Gasteiger partial charge < -0.3 is 9.64 Å². The molecular formula is C20H23ClN2O2. The number of ether oxygens (including phenoxy) is 1. The molecule has 1 fully saturated rings. The Kier molecular flexibility index (Phi) is 5.61. The Morgan fingerprint density at radius 3 is 2.56 bits per heavy atom. The van der Waals surface area contributed by atoms with Gasteiger partial charge in [-0.1, -0.05) is 41.4 Å². The summed E-state index contributed by atoms with van der Waals surface area (Å²) in [7, 11) is 1.56. The first-order valence-electron chi connectivity index (χ1n) is 8.47. The normalized spacial score (nSPS) is 15.2. The number of carbonyl (C=O) groups is 1. The lowest BCUT2D eigenvalue weighted by Gasteiger charge is -2.35. The molecule has 1 aliphatic heterocycles. The molecule has 0 spiro atoms. The van der Waals surface area contributed by atoms with Crippen molar-refractivity contribution in [3.05, 3.63) is 64.2 Å². The Morgan fingerprint density at radius 2 is 1.88 bits per heavy atom. The largest absolute Gasteiger partial charge is 0.496 e. The number of hydrogen-bond donors (Lipinski definition) is 0. The number of aryl methyl sites for hydroxylation is 1. The summed E-state index contributed by atoms with van der Waals surface area (Å²) in [5, 5.41) is 0.566. The van der Waals surface area contributed by atoms with E-state index in [0.29, 0.717) is 16.3 Å². The molecule has 1 amide bonds. The van der Waals surface area contributed by atoms with E-state index < -0.39 is 0 Å². The van der Waals surface area contributed by atoms with E-state index in [1.54, 1.807) is 25.3 Å². The zero-order valence-electron chi connectivity index (χ0n) is 14.7. The molecule has 1 aliphatic rings. The van der Waals surface area contributed by atoms with E-state index in [0.717, 1.165) is 32.7 Å². The predicted octanol–water partition coefficient (Wildman–Crippen LogP) is 3.62. The number of carbonyl (C=O) groups excluding carboxylic acids is 1. The van der Waals surface area contributed by atoms with Crippen molar-refractivity contribution in [1.82, 2.24) is 9.80 Å². The van der Waals surface area contributed by atoms with Gasteiger partial charge in [0.2, 0.25) is 0 Å². The molecule has 0 aromatic heterocycles. The van der Waals surface area contributed by atoms with Gasteiger partial charge in [0, 0.05) is 37.7 Å². The van der Waals surface area contributed by atoms with Crippen LogP contribution >= 0.6 is 11.6 Å². The molecule has 0 atom stereocenters. The zero-order valence-corrected chi connectivity index (χ0v) is 15.4. The lowest BCUT2D eigenvalue weighted by molar-refractivity contribution is 0.0625. The smallest absolute Gasteiger partial charge is 0.257 e. The lowest BCUT2D eigenvalue weighted by Crippen LogP contribution is -2.48. The summed E-state index contributed by atoms with van der Waals surface area (Å²) < 4.78 is 5.31. The summed E-state index contributed by atoms with van der Waals surface area (Å²) in [6.45, 7) is 6.21. The standard InChI is InChI=1S/C20H23ClN2O2/c1-15-4-3-5-16(12-15)14-22-8-10-23(11-9-22)20(24)18-7-6-17(21)13-19(18)25-2/h3-7,12-13H,8-11,14H2,1-2H3. The van der Waals surface area contributed by atoms with E-state index in [-0.39, 0.29) is 5.91 Å². The predicted molar refractivity (Wildman–Crippen MR) is 100 cm³/mol. The van der Waals surface area contributed by atoms with Crippen LogP contribution in [0.1, 0.15) is 21.5 Å². The second-order valence-electron chi connectivity index (χ2n) is 6.40. The third kappa shape index (κ3) is 4.33. The van der Waals surface area contributed by atoms with Crippen LogP contribution in [0.5, 0.6) is 5.75 Å². The van der Waals surface area contributed by atoms with Crippen LogP contribution in [0, 0.1) is 6.92 Å². The van der Waals surface area contributed by atoms with Crippen LogP contribution in [-0.2, 0) is 6.54 Å². The molecule has 25 heavy (non-hydrogen) atoms. The summed E-state index contributed by atoms with van der Waals surface area (Å²) in [4.78, 5) is 17.1. The fourth-order valence-electron chi connectivity index (χ4n) is 3.19. The summed E-state index contributed by atoms with van der Waals surface area (Å²) in [5.41, 5.74) is 3.17. The highest BCUT2D eigenvalue weighted by Gasteiger charge is 2.24. The van der Waals surface area contributed by atoms with Gasteiger partial charge in [-0.2, -0.15) is 0 Å². The molecule has 3 rings (SSSR count). The number of halogens is 1. The Bertz CT molecular complexity index is 755. The van der Waals surface area contributed by atoms with E-state index in [4.69, 9.17) is 16.3 Å². The number of hydrogen-bond acceptors (Lipinski definition) is 3. The molecular weight excluding hydrogens is 336 g/mol. The molecule has 2 aromatic rings. The second-order valence-corrected chi connectivity index (χ2v) is 6.84. The van der Waals surface area contributed by atoms with Crippen LogP contribution < -0.4 is 4.74 Å². The van der Waals surface area contributed by atoms with Crippen molar-refractivity contribution in [2.45, 2.75) is 13.5 Å². The van der Waals surface area contributed by atoms with Crippen LogP contribution in [0.4, 0.5) is 0 Å². The highest BCUT2D eigenvalue weighted by Crippen LogP contribution is 2.25. The Labute approximate surface area is 154 Å². The van der Waals surface area contributed by atoms with E-state index in [2.05, 4.69) is 36.1 Å². The summed E-state index contributed by atoms with van der Waals surface area (Å²) in [5.74, 6) is 0.531. The van der Waals surface area contributed by atoms with Gasteiger partial charge in [-0.25, -0.2) is 0 Å². The maximum Gasteiger partial charge on any atom is 0.257 e. The first-order chi connectivity index (χ1) is 12.1. The fraction of sp³-hybridized carbons (Fsp3) is 0.350. The van der Waals surface area contributed by atoms with Crippen molar-refractivity contribution in [1.29, 1.82) is 0 Å². The van der Waals surface area contributed by atoms with Crippen molar-refractivity contribution in [2.24, 2.45) is 0 Å². The van der Waals surface area contributed by atoms with Crippen molar-refractivity contribution < 1.29 is 9.53 Å². The number of piperazine rings is 1. The Hall–Kier alpha value is -2.04. The van der Waals surface area contributed by atoms with Crippen LogP contribution in [0.3, 0.4) is 0 Å². The second kappa shape index (κ2) is 7.89. The minimum atomic E-state index is 0.00345. The number of methoxy groups -OCH3 is 1. The molecule has 2 aromatic carbocycles. The number of nitrogens with zero attached hydrogens (tertiary/aromatic N) is 2. The monoisotopic (exact) mass is 358 g/mol. The van der Waals surface area contributed by atoms with Crippen LogP contribution in [0.25, 0.3) is 0 Å². The first-order valence-corrected chi connectivity index (χ1v) is 8.85. The third-order valence-electron chi connectivity index (χ3n) is 4.54. The molecule has 0 saturated carbocycles. The summed E-state index contributed by atoms with van der Waals surface area (Å²) in [6, 6.07) is 13.7. The van der Waals surface area contributed by atoms with Gasteiger partial charge in [0.15, 0.2) is 0 Å². The minimum Gasteiger partial charge on any atom is -0.496 e. The van der Waals surface area contributed by atoms with Gasteiger partial charge in [-0.3, -0.25) is 9.69 Å². The van der Waals surface area contributed by atoms with E-state index in [1.807, 2.05) is 4.90 Å². The quantitative estimate of drug-likeness (QED) is 0.837. The van der Waals surface area contributed by atoms with Gasteiger partial charge in [-0.05, 0) is 30.7 Å². The molecule has 0 N–H and O–H groups in total. The van der Waals surface area contributed by atoms with Gasteiger partial charge in [0.05, 0.1) is 12.7 Å². The number of benzene rings is 2. The topological polar surface area (TPSA) is 32.8 Å². The summed E-state index contributed by atoms with van der Waals surface area (Å²) in [6.07, 6.45) is 0. The molecule has 1 saturated heterocycles. The molecule has 5 heteroatoms. The van der Waals surface area contributed by atoms with Gasteiger partial charge in [-0.15, -0.1) is 0 Å². The fourth-order valence-corrected chi connectivity index (χ4v) is 3.35. The summed E-state index contributed by atoms with van der Waals surface area (Å²) >= 11 is 5.98. The van der Waals surface area contributed by atoms with Crippen LogP contribution in [-0.4, -0.2) is 49.0 Å². The maximum absolute atomic E-state index is 12.8. The van der Waals surface area contributed by atoms with Crippen molar-refractivity contribution in [3.8, 4) is 5.75 Å². The average Bonchev–Trinajstić information content (AvgIpc) is 2.61. The molecule has 0 radical (unpaired) electrons. The number of amides is 1. The Balaban J connectivity index is 1.61. The van der Waals surface area contributed by atoms with Gasteiger partial charge in [0.25, 0.3) is 5.91 Å². The molecule has 132 valence electrons. The molecule has 4 nitrogen and oxygen atoms in total. The van der Waals surface area contributed by atoms with E-state index in [9.17, 15) is 4.79 Å². The molecule has 0 aliphatic carbocycles. The lowest BCUT2D eigenvalue weighted by atomic mass is 10.1. The number of rotatable bonds is 4. The Morgan fingerprint density at radius 1 is 1.12 bits per heavy atom. The third-order valence-corrected chi connectivity index (χ3v) is 4.78. The van der Waals surface area contributed by atoms with Crippen molar-refractivity contribution in [3.63, 3.8) is 0 Å². The van der Waals surface area contributed by atoms with E-state index >= 15 is 0 Å². The molecule has 0 bridgehead atoms. The molecule has 1 heterocycles. The highest BCUT2D eigenvalue weighted by molar-refractivity contribution is 6.30. The van der Waals surface area contributed by atoms with Gasteiger partial charge in [0.1, 0.15) is 5.75 Å².